The monoisotopic (exact) mass is 344 g/mol. The minimum absolute atomic E-state index is 0.436. The maximum atomic E-state index is 11.7. The molecular weight excluding hydrogens is 324 g/mol. The van der Waals surface area contributed by atoms with Crippen LogP contribution in [0.4, 0.5) is 5.69 Å². The quantitative estimate of drug-likeness (QED) is 0.491. The van der Waals surface area contributed by atoms with Crippen LogP contribution in [-0.4, -0.2) is 20.1 Å². The van der Waals surface area contributed by atoms with Crippen LogP contribution in [0, 0.1) is 13.8 Å². The maximum absolute atomic E-state index is 11.7. The van der Waals surface area contributed by atoms with E-state index in [1.807, 2.05) is 56.3 Å². The number of aliphatic hydroxyl groups is 1. The Morgan fingerprint density at radius 3 is 2.54 bits per heavy atom. The van der Waals surface area contributed by atoms with E-state index in [2.05, 4.69) is 20.3 Å². The van der Waals surface area contributed by atoms with Gasteiger partial charge in [-0.3, -0.25) is 4.98 Å². The van der Waals surface area contributed by atoms with Gasteiger partial charge in [-0.1, -0.05) is 24.3 Å². The molecule has 0 aliphatic rings. The fourth-order valence-electron chi connectivity index (χ4n) is 3.05. The third-order valence-corrected chi connectivity index (χ3v) is 4.54. The van der Waals surface area contributed by atoms with Gasteiger partial charge < -0.3 is 15.4 Å². The van der Waals surface area contributed by atoms with E-state index in [0.717, 1.165) is 27.8 Å². The summed E-state index contributed by atoms with van der Waals surface area (Å²) >= 11 is 0. The number of hydrogen-bond donors (Lipinski definition) is 3. The van der Waals surface area contributed by atoms with E-state index in [9.17, 15) is 5.11 Å². The Labute approximate surface area is 151 Å². The number of aromatic nitrogens is 3. The molecule has 5 nitrogen and oxygen atoms in total. The van der Waals surface area contributed by atoms with Gasteiger partial charge in [-0.25, -0.2) is 4.98 Å². The number of anilines is 1. The number of hydrogen-bond acceptors (Lipinski definition) is 4. The molecule has 0 fully saturated rings. The third kappa shape index (κ3) is 2.82. The fraction of sp³-hybridized carbons (Fsp3) is 0.143. The van der Waals surface area contributed by atoms with E-state index in [0.29, 0.717) is 11.4 Å². The molecule has 0 aliphatic heterocycles. The molecular formula is C21H20N4O. The van der Waals surface area contributed by atoms with E-state index in [-0.39, 0.29) is 0 Å². The number of pyridine rings is 1. The van der Waals surface area contributed by atoms with Crippen molar-refractivity contribution in [1.29, 1.82) is 0 Å². The zero-order chi connectivity index (χ0) is 18.1. The predicted octanol–water partition coefficient (Wildman–Crippen LogP) is 3.88. The van der Waals surface area contributed by atoms with Gasteiger partial charge in [0, 0.05) is 23.6 Å². The number of nitrogens with one attached hydrogen (secondary N) is 2. The lowest BCUT2D eigenvalue weighted by molar-refractivity contribution is 0.103. The number of H-pyrrole nitrogens is 1. The molecule has 1 atom stereocenters. The second kappa shape index (κ2) is 6.28. The Kier molecular flexibility index (Phi) is 3.93. The van der Waals surface area contributed by atoms with Crippen LogP contribution in [-0.2, 0) is 5.72 Å². The number of aromatic amines is 1. The van der Waals surface area contributed by atoms with Gasteiger partial charge in [-0.2, -0.15) is 0 Å². The van der Waals surface area contributed by atoms with Crippen LogP contribution in [0.2, 0.25) is 0 Å². The second-order valence-corrected chi connectivity index (χ2v) is 6.49. The second-order valence-electron chi connectivity index (χ2n) is 6.49. The molecule has 0 spiro atoms. The van der Waals surface area contributed by atoms with Crippen molar-refractivity contribution in [2.24, 2.45) is 0 Å². The minimum atomic E-state index is -1.51. The topological polar surface area (TPSA) is 73.8 Å². The van der Waals surface area contributed by atoms with Gasteiger partial charge in [0.1, 0.15) is 0 Å². The zero-order valence-corrected chi connectivity index (χ0v) is 14.7. The summed E-state index contributed by atoms with van der Waals surface area (Å²) in [6.45, 7) is 4.03. The Balaban J connectivity index is 1.88. The van der Waals surface area contributed by atoms with E-state index < -0.39 is 5.72 Å². The molecule has 0 saturated heterocycles. The molecule has 26 heavy (non-hydrogen) atoms. The standard InChI is InChI=1S/C21H20N4O/c1-14-7-8-15(2)19(13-14)25-21(26,16-9-11-22-12-10-16)20-23-17-5-3-4-6-18(17)24-20/h3-13,25-26H,1-2H3,(H,23,24). The summed E-state index contributed by atoms with van der Waals surface area (Å²) in [5.74, 6) is 0.436. The Morgan fingerprint density at radius 1 is 1.00 bits per heavy atom. The number of aryl methyl sites for hydroxylation is 2. The number of benzene rings is 2. The third-order valence-electron chi connectivity index (χ3n) is 4.54. The molecule has 0 bridgehead atoms. The molecule has 2 aromatic heterocycles. The molecule has 0 saturated carbocycles. The molecule has 3 N–H and O–H groups in total. The SMILES string of the molecule is Cc1ccc(C)c(NC(O)(c2ccncc2)c2nc3ccccc3[nH]2)c1. The highest BCUT2D eigenvalue weighted by Gasteiger charge is 2.35. The summed E-state index contributed by atoms with van der Waals surface area (Å²) in [5.41, 5.74) is 3.83. The van der Waals surface area contributed by atoms with Crippen molar-refractivity contribution in [2.45, 2.75) is 19.6 Å². The summed E-state index contributed by atoms with van der Waals surface area (Å²) in [6.07, 6.45) is 3.32. The van der Waals surface area contributed by atoms with Gasteiger partial charge in [-0.05, 0) is 55.3 Å². The Bertz CT molecular complexity index is 1030. The molecule has 1 unspecified atom stereocenters. The molecule has 0 aliphatic carbocycles. The van der Waals surface area contributed by atoms with E-state index in [1.54, 1.807) is 24.5 Å². The van der Waals surface area contributed by atoms with Crippen molar-refractivity contribution in [3.05, 3.63) is 89.5 Å². The molecule has 4 rings (SSSR count). The summed E-state index contributed by atoms with van der Waals surface area (Å²) in [6, 6.07) is 17.4. The van der Waals surface area contributed by atoms with Crippen molar-refractivity contribution in [2.75, 3.05) is 5.32 Å². The molecule has 130 valence electrons. The molecule has 4 aromatic rings. The maximum Gasteiger partial charge on any atom is 0.222 e. The fourth-order valence-corrected chi connectivity index (χ4v) is 3.05. The minimum Gasteiger partial charge on any atom is -0.361 e. The van der Waals surface area contributed by atoms with Crippen molar-refractivity contribution >= 4 is 16.7 Å². The van der Waals surface area contributed by atoms with Crippen LogP contribution in [0.25, 0.3) is 11.0 Å². The lowest BCUT2D eigenvalue weighted by atomic mass is 10.0. The number of para-hydroxylation sites is 2. The summed E-state index contributed by atoms with van der Waals surface area (Å²) in [4.78, 5) is 11.9. The zero-order valence-electron chi connectivity index (χ0n) is 14.7. The van der Waals surface area contributed by atoms with E-state index >= 15 is 0 Å². The Morgan fingerprint density at radius 2 is 1.77 bits per heavy atom. The highest BCUT2D eigenvalue weighted by Crippen LogP contribution is 2.32. The normalized spacial score (nSPS) is 13.5. The molecule has 0 amide bonds. The van der Waals surface area contributed by atoms with Crippen LogP contribution in [0.1, 0.15) is 22.5 Å². The first kappa shape index (κ1) is 16.3. The van der Waals surface area contributed by atoms with Crippen molar-refractivity contribution in [1.82, 2.24) is 15.0 Å². The van der Waals surface area contributed by atoms with Crippen LogP contribution in [0.15, 0.2) is 67.0 Å². The van der Waals surface area contributed by atoms with Crippen LogP contribution >= 0.6 is 0 Å². The van der Waals surface area contributed by atoms with Gasteiger partial charge in [0.05, 0.1) is 11.0 Å². The first-order valence-corrected chi connectivity index (χ1v) is 8.50. The number of rotatable bonds is 4. The first-order valence-electron chi connectivity index (χ1n) is 8.50. The van der Waals surface area contributed by atoms with E-state index in [4.69, 9.17) is 0 Å². The van der Waals surface area contributed by atoms with Gasteiger partial charge >= 0.3 is 0 Å². The highest BCUT2D eigenvalue weighted by atomic mass is 16.3. The van der Waals surface area contributed by atoms with E-state index in [1.165, 1.54) is 0 Å². The average Bonchev–Trinajstić information content (AvgIpc) is 3.10. The first-order chi connectivity index (χ1) is 12.6. The van der Waals surface area contributed by atoms with Crippen LogP contribution in [0.5, 0.6) is 0 Å². The lowest BCUT2D eigenvalue weighted by Gasteiger charge is -2.29. The lowest BCUT2D eigenvalue weighted by Crippen LogP contribution is -2.38. The van der Waals surface area contributed by atoms with Crippen LogP contribution < -0.4 is 5.32 Å². The van der Waals surface area contributed by atoms with Gasteiger partial charge in [0.15, 0.2) is 5.82 Å². The highest BCUT2D eigenvalue weighted by molar-refractivity contribution is 5.75. The van der Waals surface area contributed by atoms with Gasteiger partial charge in [-0.15, -0.1) is 0 Å². The molecule has 5 heteroatoms. The summed E-state index contributed by atoms with van der Waals surface area (Å²) in [5, 5.41) is 15.0. The smallest absolute Gasteiger partial charge is 0.222 e. The molecule has 2 heterocycles. The average molecular weight is 344 g/mol. The predicted molar refractivity (Wildman–Crippen MR) is 103 cm³/mol. The van der Waals surface area contributed by atoms with Gasteiger partial charge in [0.25, 0.3) is 0 Å². The molecule has 0 radical (unpaired) electrons. The number of nitrogens with zero attached hydrogens (tertiary/aromatic N) is 2. The summed E-state index contributed by atoms with van der Waals surface area (Å²) < 4.78 is 0. The number of fused-ring (bicyclic) bond motifs is 1. The van der Waals surface area contributed by atoms with Gasteiger partial charge in [0.2, 0.25) is 5.72 Å². The Hall–Kier alpha value is -3.18. The summed E-state index contributed by atoms with van der Waals surface area (Å²) in [7, 11) is 0. The van der Waals surface area contributed by atoms with Crippen LogP contribution in [0.3, 0.4) is 0 Å². The largest absolute Gasteiger partial charge is 0.361 e. The molecule has 2 aromatic carbocycles. The van der Waals surface area contributed by atoms with Crippen molar-refractivity contribution in [3.8, 4) is 0 Å². The van der Waals surface area contributed by atoms with Crippen molar-refractivity contribution < 1.29 is 5.11 Å². The van der Waals surface area contributed by atoms with Crippen molar-refractivity contribution in [3.63, 3.8) is 0 Å². The number of imidazole rings is 1.